The Kier molecular flexibility index (Phi) is 8.02. The maximum absolute atomic E-state index is 13.9. The number of ketones is 4. The molecule has 2 saturated carbocycles. The van der Waals surface area contributed by atoms with Gasteiger partial charge in [0.25, 0.3) is 0 Å². The predicted molar refractivity (Wildman–Crippen MR) is 162 cm³/mol. The van der Waals surface area contributed by atoms with Gasteiger partial charge in [0, 0.05) is 25.7 Å². The number of aliphatic hydroxyl groups is 1. The molecule has 2 aromatic carbocycles. The lowest BCUT2D eigenvalue weighted by Gasteiger charge is -2.52. The molecule has 12 nitrogen and oxygen atoms in total. The minimum absolute atomic E-state index is 0.0407. The van der Waals surface area contributed by atoms with E-state index in [0.717, 1.165) is 5.69 Å². The number of hydrogen-bond acceptors (Lipinski definition) is 10. The highest BCUT2D eigenvalue weighted by atomic mass is 79.9. The molecule has 2 fully saturated rings. The molecule has 0 aromatic heterocycles. The van der Waals surface area contributed by atoms with Gasteiger partial charge in [0.2, 0.25) is 11.8 Å². The number of halogens is 1. The molecule has 3 aliphatic carbocycles. The fourth-order valence-corrected chi connectivity index (χ4v) is 7.39. The van der Waals surface area contributed by atoms with Crippen molar-refractivity contribution in [3.8, 4) is 5.75 Å². The Morgan fingerprint density at radius 2 is 1.66 bits per heavy atom. The van der Waals surface area contributed by atoms with E-state index in [4.69, 9.17) is 5.73 Å². The van der Waals surface area contributed by atoms with Gasteiger partial charge >= 0.3 is 0 Å². The van der Waals surface area contributed by atoms with E-state index in [1.54, 1.807) is 18.2 Å². The summed E-state index contributed by atoms with van der Waals surface area (Å²) in [6.45, 7) is 0. The molecule has 0 heterocycles. The van der Waals surface area contributed by atoms with Gasteiger partial charge in [-0.15, -0.1) is 0 Å². The molecule has 0 aliphatic heterocycles. The Morgan fingerprint density at radius 1 is 1.02 bits per heavy atom. The van der Waals surface area contributed by atoms with E-state index in [2.05, 4.69) is 21.2 Å². The van der Waals surface area contributed by atoms with Crippen LogP contribution in [-0.2, 0) is 30.4 Å². The van der Waals surface area contributed by atoms with E-state index in [1.807, 2.05) is 31.1 Å². The zero-order chi connectivity index (χ0) is 32.4. The summed E-state index contributed by atoms with van der Waals surface area (Å²) in [6.07, 6.45) is 0.0912. The lowest BCUT2D eigenvalue weighted by Crippen LogP contribution is -2.74. The molecule has 0 radical (unpaired) electrons. The van der Waals surface area contributed by atoms with Crippen LogP contribution in [0.1, 0.15) is 32.7 Å². The predicted octanol–water partition coefficient (Wildman–Crippen LogP) is 1.01. The summed E-state index contributed by atoms with van der Waals surface area (Å²) >= 11 is 3.37. The van der Waals surface area contributed by atoms with Crippen LogP contribution in [0.5, 0.6) is 5.75 Å². The van der Waals surface area contributed by atoms with Gasteiger partial charge in [-0.1, -0.05) is 34.1 Å². The SMILES string of the molecule is CN(C)c1ccc(C(Br)C(=O)Nc2ccc3c(c2O)C(=O)C2C(=O)[C@]4(O)C(=O)C(C(N)=O)C(=O)[C@@H](N(C)C)C4CC2C3)cc1. The number of carbonyl (C=O) groups excluding carboxylic acids is 6. The highest BCUT2D eigenvalue weighted by Crippen LogP contribution is 2.51. The Labute approximate surface area is 261 Å². The van der Waals surface area contributed by atoms with Crippen molar-refractivity contribution in [2.24, 2.45) is 29.4 Å². The number of alkyl halides is 1. The number of nitrogens with two attached hydrogens (primary N) is 1. The van der Waals surface area contributed by atoms with Gasteiger partial charge in [-0.3, -0.25) is 33.7 Å². The maximum Gasteiger partial charge on any atom is 0.242 e. The standard InChI is InChI=1S/C31H33BrN4O8/c1-35(2)16-8-5-13(6-9-16)22(32)30(43)34-18-10-7-14-11-15-12-17-23(36(3)4)26(39)21(29(33)42)28(41)31(17,44)27(40)20(15)25(38)19(14)24(18)37/h5-10,15,17,20-23,37,44H,11-12H2,1-4H3,(H2,33,42)(H,34,43)/t15?,17?,20?,21?,22?,23-,31-/m0/s1. The fraction of sp³-hybridized carbons (Fsp3) is 0.419. The zero-order valence-electron chi connectivity index (χ0n) is 24.5. The molecule has 13 heteroatoms. The van der Waals surface area contributed by atoms with E-state index in [9.17, 15) is 39.0 Å². The van der Waals surface area contributed by atoms with E-state index in [1.165, 1.54) is 25.1 Å². The summed E-state index contributed by atoms with van der Waals surface area (Å²) in [6, 6.07) is 9.12. The highest BCUT2D eigenvalue weighted by molar-refractivity contribution is 9.09. The summed E-state index contributed by atoms with van der Waals surface area (Å²) in [7, 11) is 6.83. The molecule has 232 valence electrons. The monoisotopic (exact) mass is 668 g/mol. The molecular formula is C31H33BrN4O8. The van der Waals surface area contributed by atoms with E-state index < -0.39 is 80.8 Å². The Bertz CT molecular complexity index is 1610. The molecule has 3 aliphatic rings. The largest absolute Gasteiger partial charge is 0.505 e. The number of amides is 2. The van der Waals surface area contributed by atoms with Crippen LogP contribution in [0.2, 0.25) is 0 Å². The number of aromatic hydroxyl groups is 1. The van der Waals surface area contributed by atoms with Crippen molar-refractivity contribution < 1.29 is 39.0 Å². The second-order valence-corrected chi connectivity index (χ2v) is 13.0. The Morgan fingerprint density at radius 3 is 2.23 bits per heavy atom. The van der Waals surface area contributed by atoms with Gasteiger partial charge in [-0.25, -0.2) is 0 Å². The van der Waals surface area contributed by atoms with Crippen LogP contribution >= 0.6 is 15.9 Å². The van der Waals surface area contributed by atoms with E-state index >= 15 is 0 Å². The number of anilines is 2. The summed E-state index contributed by atoms with van der Waals surface area (Å²) in [5.74, 6) is -11.9. The lowest BCUT2D eigenvalue weighted by atomic mass is 9.52. The number of hydrogen-bond donors (Lipinski definition) is 4. The number of primary amides is 1. The molecule has 5 unspecified atom stereocenters. The van der Waals surface area contributed by atoms with Crippen molar-refractivity contribution in [2.75, 3.05) is 38.4 Å². The first-order valence-corrected chi connectivity index (χ1v) is 14.9. The number of fused-ring (bicyclic) bond motifs is 3. The number of nitrogens with zero attached hydrogens (tertiary/aromatic N) is 2. The number of likely N-dealkylation sites (N-methyl/N-ethyl adjacent to an activating group) is 1. The number of phenols is 1. The van der Waals surface area contributed by atoms with Gasteiger partial charge in [-0.05, 0) is 62.2 Å². The third-order valence-electron chi connectivity index (χ3n) is 9.12. The van der Waals surface area contributed by atoms with Crippen molar-refractivity contribution >= 4 is 62.3 Å². The van der Waals surface area contributed by atoms with Crippen molar-refractivity contribution in [3.63, 3.8) is 0 Å². The first kappa shape index (κ1) is 31.5. The van der Waals surface area contributed by atoms with Crippen molar-refractivity contribution in [3.05, 3.63) is 53.1 Å². The van der Waals surface area contributed by atoms with Gasteiger partial charge < -0.3 is 26.2 Å². The molecule has 5 rings (SSSR count). The normalized spacial score (nSPS) is 28.6. The summed E-state index contributed by atoms with van der Waals surface area (Å²) < 4.78 is 0. The maximum atomic E-state index is 13.9. The molecule has 2 amide bonds. The number of benzene rings is 2. The average molecular weight is 670 g/mol. The van der Waals surface area contributed by atoms with Gasteiger partial charge in [0.15, 0.2) is 34.7 Å². The van der Waals surface area contributed by atoms with Gasteiger partial charge in [-0.2, -0.15) is 0 Å². The molecule has 7 atom stereocenters. The number of carbonyl (C=O) groups is 6. The Hall–Kier alpha value is -3.94. The van der Waals surface area contributed by atoms with Gasteiger partial charge in [0.1, 0.15) is 10.6 Å². The quantitative estimate of drug-likeness (QED) is 0.196. The van der Waals surface area contributed by atoms with Crippen LogP contribution in [0.4, 0.5) is 11.4 Å². The first-order chi connectivity index (χ1) is 20.6. The molecule has 0 spiro atoms. The summed E-state index contributed by atoms with van der Waals surface area (Å²) in [4.78, 5) is 82.2. The van der Waals surface area contributed by atoms with Crippen LogP contribution in [0, 0.1) is 23.7 Å². The van der Waals surface area contributed by atoms with Crippen LogP contribution in [-0.4, -0.2) is 89.9 Å². The fourth-order valence-electron chi connectivity index (χ4n) is 6.97. The molecular weight excluding hydrogens is 636 g/mol. The lowest BCUT2D eigenvalue weighted by molar-refractivity contribution is -0.181. The second-order valence-electron chi connectivity index (χ2n) is 12.1. The van der Waals surface area contributed by atoms with Crippen molar-refractivity contribution in [1.29, 1.82) is 0 Å². The number of nitrogens with one attached hydrogen (secondary N) is 1. The zero-order valence-corrected chi connectivity index (χ0v) is 26.1. The van der Waals surface area contributed by atoms with E-state index in [-0.39, 0.29) is 24.1 Å². The molecule has 0 bridgehead atoms. The van der Waals surface area contributed by atoms with Crippen LogP contribution in [0.3, 0.4) is 0 Å². The average Bonchev–Trinajstić information content (AvgIpc) is 2.95. The molecule has 44 heavy (non-hydrogen) atoms. The minimum Gasteiger partial charge on any atom is -0.505 e. The van der Waals surface area contributed by atoms with E-state index in [0.29, 0.717) is 11.1 Å². The topological polar surface area (TPSA) is 187 Å². The number of rotatable bonds is 6. The van der Waals surface area contributed by atoms with Crippen molar-refractivity contribution in [1.82, 2.24) is 4.90 Å². The molecule has 5 N–H and O–H groups in total. The van der Waals surface area contributed by atoms with Crippen molar-refractivity contribution in [2.45, 2.75) is 29.3 Å². The summed E-state index contributed by atoms with van der Waals surface area (Å²) in [5.41, 5.74) is 4.31. The minimum atomic E-state index is -2.80. The molecule has 0 saturated heterocycles. The smallest absolute Gasteiger partial charge is 0.242 e. The second kappa shape index (κ2) is 11.2. The Balaban J connectivity index is 1.46. The van der Waals surface area contributed by atoms with Crippen LogP contribution < -0.4 is 16.0 Å². The first-order valence-electron chi connectivity index (χ1n) is 14.0. The highest BCUT2D eigenvalue weighted by Gasteiger charge is 2.69. The number of phenolic OH excluding ortho intramolecular Hbond substituents is 1. The van der Waals surface area contributed by atoms with Gasteiger partial charge in [0.05, 0.1) is 23.2 Å². The summed E-state index contributed by atoms with van der Waals surface area (Å²) in [5, 5.41) is 25.5. The van der Waals surface area contributed by atoms with Crippen LogP contribution in [0.15, 0.2) is 36.4 Å². The third-order valence-corrected chi connectivity index (χ3v) is 10.1. The van der Waals surface area contributed by atoms with Crippen LogP contribution in [0.25, 0.3) is 0 Å². The number of Topliss-reactive ketones (excluding diaryl/α,β-unsaturated/α-hetero) is 4. The molecule has 2 aromatic rings. The third kappa shape index (κ3) is 4.74.